The van der Waals surface area contributed by atoms with E-state index < -0.39 is 21.7 Å². The molecule has 0 saturated carbocycles. The van der Waals surface area contributed by atoms with E-state index in [-0.39, 0.29) is 29.1 Å². The van der Waals surface area contributed by atoms with Gasteiger partial charge in [-0.3, -0.25) is 10.1 Å². The molecule has 1 atom stereocenters. The van der Waals surface area contributed by atoms with Crippen LogP contribution in [0.15, 0.2) is 24.5 Å². The lowest BCUT2D eigenvalue weighted by atomic mass is 10.00. The van der Waals surface area contributed by atoms with E-state index in [4.69, 9.17) is 11.6 Å². The first-order chi connectivity index (χ1) is 13.7. The zero-order valence-electron chi connectivity index (χ0n) is 15.5. The maximum Gasteiger partial charge on any atom is 0.417 e. The van der Waals surface area contributed by atoms with Crippen molar-refractivity contribution < 1.29 is 18.1 Å². The first-order valence-electron chi connectivity index (χ1n) is 9.12. The number of nitrogens with zero attached hydrogens (tertiary/aromatic N) is 4. The minimum absolute atomic E-state index is 0.0137. The van der Waals surface area contributed by atoms with Crippen LogP contribution in [0.4, 0.5) is 36.2 Å². The van der Waals surface area contributed by atoms with Crippen molar-refractivity contribution in [3.8, 4) is 0 Å². The van der Waals surface area contributed by atoms with Crippen molar-refractivity contribution in [3.05, 3.63) is 45.2 Å². The molecule has 2 heterocycles. The number of hydrogen-bond donors (Lipinski definition) is 1. The number of rotatable bonds is 5. The third-order valence-electron chi connectivity index (χ3n) is 4.89. The Morgan fingerprint density at radius 2 is 2.10 bits per heavy atom. The second kappa shape index (κ2) is 8.40. The fraction of sp³-hybridized carbons (Fsp3) is 0.444. The molecule has 7 nitrogen and oxygen atoms in total. The van der Waals surface area contributed by atoms with Crippen molar-refractivity contribution in [2.45, 2.75) is 44.8 Å². The van der Waals surface area contributed by atoms with Gasteiger partial charge in [0.2, 0.25) is 11.6 Å². The zero-order chi connectivity index (χ0) is 21.2. The van der Waals surface area contributed by atoms with E-state index in [1.807, 2.05) is 11.8 Å². The molecule has 1 aromatic carbocycles. The highest BCUT2D eigenvalue weighted by Gasteiger charge is 2.34. The third kappa shape index (κ3) is 4.52. The largest absolute Gasteiger partial charge is 0.417 e. The minimum Gasteiger partial charge on any atom is -0.348 e. The molecule has 1 aliphatic heterocycles. The molecule has 0 amide bonds. The van der Waals surface area contributed by atoms with Gasteiger partial charge in [-0.15, -0.1) is 0 Å². The number of nitro groups is 1. The predicted molar refractivity (Wildman–Crippen MR) is 104 cm³/mol. The number of aromatic nitrogens is 2. The summed E-state index contributed by atoms with van der Waals surface area (Å²) in [5.41, 5.74) is -1.42. The van der Waals surface area contributed by atoms with Gasteiger partial charge in [0.1, 0.15) is 6.33 Å². The molecule has 1 fully saturated rings. The second-order valence-corrected chi connectivity index (χ2v) is 7.13. The number of anilines is 3. The topological polar surface area (TPSA) is 84.2 Å². The van der Waals surface area contributed by atoms with Crippen molar-refractivity contribution in [1.82, 2.24) is 9.97 Å². The molecule has 3 rings (SSSR count). The highest BCUT2D eigenvalue weighted by atomic mass is 35.5. The molecule has 1 unspecified atom stereocenters. The van der Waals surface area contributed by atoms with Crippen LogP contribution in [0.2, 0.25) is 5.02 Å². The number of piperidine rings is 1. The van der Waals surface area contributed by atoms with Gasteiger partial charge in [0, 0.05) is 18.3 Å². The van der Waals surface area contributed by atoms with E-state index in [1.54, 1.807) is 0 Å². The molecule has 0 spiro atoms. The number of hydrogen-bond acceptors (Lipinski definition) is 6. The Balaban J connectivity index is 2.02. The fourth-order valence-electron chi connectivity index (χ4n) is 3.50. The van der Waals surface area contributed by atoms with Crippen molar-refractivity contribution in [3.63, 3.8) is 0 Å². The van der Waals surface area contributed by atoms with Crippen LogP contribution in [0.5, 0.6) is 0 Å². The van der Waals surface area contributed by atoms with Gasteiger partial charge in [-0.1, -0.05) is 18.5 Å². The van der Waals surface area contributed by atoms with Gasteiger partial charge in [0.05, 0.1) is 15.5 Å². The Morgan fingerprint density at radius 3 is 2.76 bits per heavy atom. The number of nitrogens with one attached hydrogen (secondary N) is 1. The molecule has 1 aromatic heterocycles. The normalized spacial score (nSPS) is 17.3. The van der Waals surface area contributed by atoms with Crippen LogP contribution in [0, 0.1) is 10.1 Å². The summed E-state index contributed by atoms with van der Waals surface area (Å²) in [6.07, 6.45) is 0.130. The summed E-state index contributed by atoms with van der Waals surface area (Å²) in [6, 6.07) is 3.29. The van der Waals surface area contributed by atoms with Gasteiger partial charge in [0.25, 0.3) is 0 Å². The Labute approximate surface area is 170 Å². The Bertz CT molecular complexity index is 910. The lowest BCUT2D eigenvalue weighted by Gasteiger charge is -2.35. The third-order valence-corrected chi connectivity index (χ3v) is 5.22. The average Bonchev–Trinajstić information content (AvgIpc) is 2.68. The van der Waals surface area contributed by atoms with E-state index in [2.05, 4.69) is 15.3 Å². The van der Waals surface area contributed by atoms with E-state index in [0.717, 1.165) is 37.8 Å². The van der Waals surface area contributed by atoms with E-state index >= 15 is 0 Å². The van der Waals surface area contributed by atoms with Gasteiger partial charge in [-0.25, -0.2) is 9.97 Å². The maximum atomic E-state index is 13.1. The van der Waals surface area contributed by atoms with Gasteiger partial charge in [-0.05, 0) is 43.9 Å². The zero-order valence-corrected chi connectivity index (χ0v) is 16.3. The highest BCUT2D eigenvalue weighted by molar-refractivity contribution is 6.31. The summed E-state index contributed by atoms with van der Waals surface area (Å²) in [7, 11) is 0. The van der Waals surface area contributed by atoms with Crippen molar-refractivity contribution in [2.24, 2.45) is 0 Å². The minimum atomic E-state index is -4.65. The van der Waals surface area contributed by atoms with Crippen LogP contribution in [0.25, 0.3) is 0 Å². The van der Waals surface area contributed by atoms with Crippen LogP contribution in [0.3, 0.4) is 0 Å². The number of alkyl halides is 3. The quantitative estimate of drug-likeness (QED) is 0.494. The molecule has 156 valence electrons. The summed E-state index contributed by atoms with van der Waals surface area (Å²) < 4.78 is 39.3. The van der Waals surface area contributed by atoms with E-state index in [9.17, 15) is 23.3 Å². The van der Waals surface area contributed by atoms with Crippen LogP contribution in [-0.2, 0) is 6.18 Å². The number of halogens is 4. The molecule has 1 aliphatic rings. The van der Waals surface area contributed by atoms with Crippen LogP contribution in [0.1, 0.15) is 38.2 Å². The summed E-state index contributed by atoms with van der Waals surface area (Å²) >= 11 is 5.64. The summed E-state index contributed by atoms with van der Waals surface area (Å²) in [5, 5.41) is 14.0. The molecular weight excluding hydrogens is 411 g/mol. The van der Waals surface area contributed by atoms with Gasteiger partial charge < -0.3 is 10.2 Å². The lowest BCUT2D eigenvalue weighted by molar-refractivity contribution is -0.383. The van der Waals surface area contributed by atoms with Crippen molar-refractivity contribution >= 4 is 34.6 Å². The standard InChI is InChI=1S/C18H19ClF3N5O2/c1-2-12-5-3-4-8-26(12)17-15(27(28)29)16(23-10-24-17)25-11-6-7-14(19)13(9-11)18(20,21)22/h6-7,9-10,12H,2-5,8H2,1H3,(H,23,24,25). The number of benzene rings is 1. The lowest BCUT2D eigenvalue weighted by Crippen LogP contribution is -2.40. The van der Waals surface area contributed by atoms with Gasteiger partial charge >= 0.3 is 11.9 Å². The van der Waals surface area contributed by atoms with Crippen LogP contribution < -0.4 is 10.2 Å². The summed E-state index contributed by atoms with van der Waals surface area (Å²) in [4.78, 5) is 21.1. The molecule has 1 N–H and O–H groups in total. The Kier molecular flexibility index (Phi) is 6.11. The Hall–Kier alpha value is -2.62. The van der Waals surface area contributed by atoms with Crippen LogP contribution in [-0.4, -0.2) is 27.5 Å². The van der Waals surface area contributed by atoms with Crippen molar-refractivity contribution in [1.29, 1.82) is 0 Å². The molecule has 29 heavy (non-hydrogen) atoms. The SMILES string of the molecule is CCC1CCCCN1c1ncnc(Nc2ccc(Cl)c(C(F)(F)F)c2)c1[N+](=O)[O-]. The summed E-state index contributed by atoms with van der Waals surface area (Å²) in [6.45, 7) is 2.62. The predicted octanol–water partition coefficient (Wildman–Crippen LogP) is 5.57. The molecule has 0 bridgehead atoms. The molecule has 2 aromatic rings. The highest BCUT2D eigenvalue weighted by Crippen LogP contribution is 2.39. The van der Waals surface area contributed by atoms with Gasteiger partial charge in [0.15, 0.2) is 0 Å². The first kappa shape index (κ1) is 21.1. The second-order valence-electron chi connectivity index (χ2n) is 6.72. The molecular formula is C18H19ClF3N5O2. The summed E-state index contributed by atoms with van der Waals surface area (Å²) in [5.74, 6) is -0.0000631. The fourth-order valence-corrected chi connectivity index (χ4v) is 3.72. The molecule has 0 radical (unpaired) electrons. The Morgan fingerprint density at radius 1 is 1.34 bits per heavy atom. The molecule has 0 aliphatic carbocycles. The molecule has 11 heteroatoms. The average molecular weight is 430 g/mol. The smallest absolute Gasteiger partial charge is 0.348 e. The van der Waals surface area contributed by atoms with Gasteiger partial charge in [-0.2, -0.15) is 13.2 Å². The van der Waals surface area contributed by atoms with E-state index in [0.29, 0.717) is 6.54 Å². The monoisotopic (exact) mass is 429 g/mol. The molecule has 1 saturated heterocycles. The van der Waals surface area contributed by atoms with Crippen molar-refractivity contribution in [2.75, 3.05) is 16.8 Å². The van der Waals surface area contributed by atoms with Crippen LogP contribution >= 0.6 is 11.6 Å². The maximum absolute atomic E-state index is 13.1. The van der Waals surface area contributed by atoms with E-state index in [1.165, 1.54) is 12.4 Å². The first-order valence-corrected chi connectivity index (χ1v) is 9.50.